The molecule has 1 saturated heterocycles. The lowest BCUT2D eigenvalue weighted by Crippen LogP contribution is -2.44. The number of hydrogen-bond acceptors (Lipinski definition) is 6. The highest BCUT2D eigenvalue weighted by Gasteiger charge is 2.16. The Morgan fingerprint density at radius 3 is 2.68 bits per heavy atom. The standard InChI is InChI=1S/C19H26N2O4/c1-14-13-17(22)25-18-15(14)5-6-16(23-3)19(18)24-12-4-7-21-10-8-20(2)9-11-21/h5-6,13H,4,7-12H2,1-3H3. The van der Waals surface area contributed by atoms with Crippen LogP contribution in [0.4, 0.5) is 0 Å². The van der Waals surface area contributed by atoms with Crippen LogP contribution in [0.2, 0.25) is 0 Å². The molecular formula is C19H26N2O4. The van der Waals surface area contributed by atoms with Gasteiger partial charge in [0.2, 0.25) is 5.75 Å². The number of benzene rings is 1. The van der Waals surface area contributed by atoms with Crippen molar-refractivity contribution in [3.8, 4) is 11.5 Å². The van der Waals surface area contributed by atoms with E-state index in [4.69, 9.17) is 13.9 Å². The van der Waals surface area contributed by atoms with E-state index in [-0.39, 0.29) is 5.63 Å². The van der Waals surface area contributed by atoms with Crippen LogP contribution >= 0.6 is 0 Å². The monoisotopic (exact) mass is 346 g/mol. The maximum absolute atomic E-state index is 11.7. The fourth-order valence-corrected chi connectivity index (χ4v) is 3.17. The fourth-order valence-electron chi connectivity index (χ4n) is 3.17. The second-order valence-corrected chi connectivity index (χ2v) is 6.57. The topological polar surface area (TPSA) is 55.2 Å². The first kappa shape index (κ1) is 17.8. The van der Waals surface area contributed by atoms with Crippen LogP contribution in [0.3, 0.4) is 0 Å². The third-order valence-electron chi connectivity index (χ3n) is 4.72. The summed E-state index contributed by atoms with van der Waals surface area (Å²) < 4.78 is 16.8. The lowest BCUT2D eigenvalue weighted by atomic mass is 10.1. The molecule has 0 unspecified atom stereocenters. The number of fused-ring (bicyclic) bond motifs is 1. The van der Waals surface area contributed by atoms with Crippen molar-refractivity contribution < 1.29 is 13.9 Å². The molecule has 136 valence electrons. The van der Waals surface area contributed by atoms with Gasteiger partial charge in [0, 0.05) is 44.2 Å². The molecule has 1 aliphatic rings. The third kappa shape index (κ3) is 4.14. The molecule has 3 rings (SSSR count). The first-order valence-corrected chi connectivity index (χ1v) is 8.73. The van der Waals surface area contributed by atoms with Gasteiger partial charge in [0.15, 0.2) is 11.3 Å². The minimum absolute atomic E-state index is 0.375. The van der Waals surface area contributed by atoms with Crippen LogP contribution < -0.4 is 15.1 Å². The minimum Gasteiger partial charge on any atom is -0.493 e. The second-order valence-electron chi connectivity index (χ2n) is 6.57. The molecule has 0 amide bonds. The zero-order valence-corrected chi connectivity index (χ0v) is 15.2. The van der Waals surface area contributed by atoms with E-state index in [1.54, 1.807) is 7.11 Å². The average Bonchev–Trinajstić information content (AvgIpc) is 2.60. The van der Waals surface area contributed by atoms with Crippen molar-refractivity contribution >= 4 is 11.0 Å². The second kappa shape index (κ2) is 7.89. The number of likely N-dealkylation sites (N-methyl/N-ethyl adjacent to an activating group) is 1. The fraction of sp³-hybridized carbons (Fsp3) is 0.526. The zero-order chi connectivity index (χ0) is 17.8. The molecule has 0 atom stereocenters. The molecule has 0 bridgehead atoms. The van der Waals surface area contributed by atoms with Crippen molar-refractivity contribution in [2.45, 2.75) is 13.3 Å². The molecule has 1 aromatic carbocycles. The molecule has 1 aliphatic heterocycles. The van der Waals surface area contributed by atoms with E-state index in [2.05, 4.69) is 16.8 Å². The van der Waals surface area contributed by atoms with Crippen LogP contribution in [0.25, 0.3) is 11.0 Å². The molecule has 1 fully saturated rings. The Morgan fingerprint density at radius 1 is 1.20 bits per heavy atom. The van der Waals surface area contributed by atoms with Crippen molar-refractivity contribution in [3.63, 3.8) is 0 Å². The maximum Gasteiger partial charge on any atom is 0.336 e. The number of hydrogen-bond donors (Lipinski definition) is 0. The Hall–Kier alpha value is -2.05. The highest BCUT2D eigenvalue weighted by molar-refractivity contribution is 5.87. The molecule has 6 nitrogen and oxygen atoms in total. The summed E-state index contributed by atoms with van der Waals surface area (Å²) in [6.45, 7) is 7.88. The molecule has 6 heteroatoms. The van der Waals surface area contributed by atoms with Gasteiger partial charge >= 0.3 is 5.63 Å². The molecule has 25 heavy (non-hydrogen) atoms. The summed E-state index contributed by atoms with van der Waals surface area (Å²) in [5.74, 6) is 1.10. The molecule has 0 saturated carbocycles. The smallest absolute Gasteiger partial charge is 0.336 e. The Balaban J connectivity index is 1.69. The van der Waals surface area contributed by atoms with Crippen molar-refractivity contribution in [3.05, 3.63) is 34.2 Å². The van der Waals surface area contributed by atoms with E-state index in [0.29, 0.717) is 23.7 Å². The van der Waals surface area contributed by atoms with Crippen LogP contribution in [-0.4, -0.2) is 63.3 Å². The molecule has 1 aromatic heterocycles. The Labute approximate surface area is 147 Å². The average molecular weight is 346 g/mol. The summed E-state index contributed by atoms with van der Waals surface area (Å²) >= 11 is 0. The van der Waals surface area contributed by atoms with Gasteiger partial charge in [-0.05, 0) is 38.1 Å². The van der Waals surface area contributed by atoms with Gasteiger partial charge in [0.05, 0.1) is 13.7 Å². The summed E-state index contributed by atoms with van der Waals surface area (Å²) in [6, 6.07) is 5.24. The van der Waals surface area contributed by atoms with E-state index in [0.717, 1.165) is 50.1 Å². The van der Waals surface area contributed by atoms with Gasteiger partial charge in [0.1, 0.15) is 0 Å². The number of piperazine rings is 1. The van der Waals surface area contributed by atoms with Crippen LogP contribution in [0, 0.1) is 6.92 Å². The van der Waals surface area contributed by atoms with Gasteiger partial charge in [-0.15, -0.1) is 0 Å². The lowest BCUT2D eigenvalue weighted by Gasteiger charge is -2.32. The molecule has 0 aliphatic carbocycles. The molecule has 0 radical (unpaired) electrons. The van der Waals surface area contributed by atoms with Crippen LogP contribution in [0.5, 0.6) is 11.5 Å². The zero-order valence-electron chi connectivity index (χ0n) is 15.2. The van der Waals surface area contributed by atoms with Gasteiger partial charge < -0.3 is 23.7 Å². The quantitative estimate of drug-likeness (QED) is 0.590. The highest BCUT2D eigenvalue weighted by atomic mass is 16.5. The van der Waals surface area contributed by atoms with Crippen LogP contribution in [-0.2, 0) is 0 Å². The van der Waals surface area contributed by atoms with Gasteiger partial charge in [0.25, 0.3) is 0 Å². The van der Waals surface area contributed by atoms with Gasteiger partial charge in [-0.25, -0.2) is 4.79 Å². The lowest BCUT2D eigenvalue weighted by molar-refractivity contribution is 0.145. The van der Waals surface area contributed by atoms with E-state index in [1.165, 1.54) is 6.07 Å². The Bertz CT molecular complexity index is 779. The summed E-state index contributed by atoms with van der Waals surface area (Å²) in [5.41, 5.74) is 0.959. The summed E-state index contributed by atoms with van der Waals surface area (Å²) in [4.78, 5) is 16.5. The van der Waals surface area contributed by atoms with Crippen molar-refractivity contribution in [1.29, 1.82) is 0 Å². The summed E-state index contributed by atoms with van der Waals surface area (Å²) in [7, 11) is 3.75. The van der Waals surface area contributed by atoms with Gasteiger partial charge in [-0.3, -0.25) is 0 Å². The largest absolute Gasteiger partial charge is 0.493 e. The first-order valence-electron chi connectivity index (χ1n) is 8.73. The maximum atomic E-state index is 11.7. The number of nitrogens with zero attached hydrogens (tertiary/aromatic N) is 2. The van der Waals surface area contributed by atoms with E-state index < -0.39 is 0 Å². The predicted octanol–water partition coefficient (Wildman–Crippen LogP) is 2.13. The van der Waals surface area contributed by atoms with Crippen molar-refractivity contribution in [2.75, 3.05) is 53.5 Å². The third-order valence-corrected chi connectivity index (χ3v) is 4.72. The summed E-state index contributed by atoms with van der Waals surface area (Å²) in [6.07, 6.45) is 0.916. The Kier molecular flexibility index (Phi) is 5.60. The minimum atomic E-state index is -0.375. The summed E-state index contributed by atoms with van der Waals surface area (Å²) in [5, 5.41) is 0.870. The van der Waals surface area contributed by atoms with Gasteiger partial charge in [-0.2, -0.15) is 0 Å². The first-order chi connectivity index (χ1) is 12.1. The number of ether oxygens (including phenoxy) is 2. The predicted molar refractivity (Wildman–Crippen MR) is 97.8 cm³/mol. The number of rotatable bonds is 6. The molecular weight excluding hydrogens is 320 g/mol. The number of methoxy groups -OCH3 is 1. The van der Waals surface area contributed by atoms with Gasteiger partial charge in [-0.1, -0.05) is 0 Å². The van der Waals surface area contributed by atoms with Crippen molar-refractivity contribution in [2.24, 2.45) is 0 Å². The van der Waals surface area contributed by atoms with E-state index >= 15 is 0 Å². The van der Waals surface area contributed by atoms with E-state index in [1.807, 2.05) is 19.1 Å². The van der Waals surface area contributed by atoms with Crippen LogP contribution in [0.1, 0.15) is 12.0 Å². The van der Waals surface area contributed by atoms with Crippen molar-refractivity contribution in [1.82, 2.24) is 9.80 Å². The molecule has 2 aromatic rings. The van der Waals surface area contributed by atoms with E-state index in [9.17, 15) is 4.79 Å². The molecule has 0 N–H and O–H groups in total. The normalized spacial score (nSPS) is 16.3. The number of aryl methyl sites for hydroxylation is 1. The SMILES string of the molecule is COc1ccc2c(C)cc(=O)oc2c1OCCCN1CCN(C)CC1. The van der Waals surface area contributed by atoms with Crippen LogP contribution in [0.15, 0.2) is 27.4 Å². The molecule has 0 spiro atoms. The highest BCUT2D eigenvalue weighted by Crippen LogP contribution is 2.36. The molecule has 2 heterocycles. The Morgan fingerprint density at radius 2 is 1.96 bits per heavy atom.